The summed E-state index contributed by atoms with van der Waals surface area (Å²) < 4.78 is 0. The van der Waals surface area contributed by atoms with Crippen molar-refractivity contribution in [2.24, 2.45) is 0 Å². The monoisotopic (exact) mass is 215 g/mol. The van der Waals surface area contributed by atoms with Crippen molar-refractivity contribution in [1.29, 1.82) is 0 Å². The number of carbonyl (C=O) groups excluding carboxylic acids is 2. The van der Waals surface area contributed by atoms with Crippen molar-refractivity contribution < 1.29 is 9.59 Å². The number of carbonyl (C=O) groups is 2. The molecule has 1 unspecified atom stereocenters. The fourth-order valence-corrected chi connectivity index (χ4v) is 1.42. The molecule has 1 aliphatic rings. The number of thiocarbonyl (C=S) groups is 1. The first-order chi connectivity index (χ1) is 6.56. The van der Waals surface area contributed by atoms with E-state index < -0.39 is 0 Å². The molecule has 0 aromatic heterocycles. The third kappa shape index (κ3) is 2.20. The van der Waals surface area contributed by atoms with E-state index in [9.17, 15) is 9.59 Å². The Hall–Kier alpha value is -1.17. The third-order valence-corrected chi connectivity index (χ3v) is 2.50. The standard InChI is InChI=1S/C8H13N3O2S/c1-9-8(14)10-5-3-4-6(12)11(2)7(5)13/h5H,3-4H2,1-2H3,(H2,9,10,14). The molecular formula is C8H13N3O2S. The highest BCUT2D eigenvalue weighted by Crippen LogP contribution is 2.10. The van der Waals surface area contributed by atoms with Crippen LogP contribution in [0.25, 0.3) is 0 Å². The van der Waals surface area contributed by atoms with Gasteiger partial charge in [0.15, 0.2) is 5.11 Å². The molecule has 0 aromatic rings. The van der Waals surface area contributed by atoms with Crippen LogP contribution in [-0.4, -0.2) is 42.0 Å². The van der Waals surface area contributed by atoms with Crippen LogP contribution in [-0.2, 0) is 9.59 Å². The maximum absolute atomic E-state index is 11.5. The molecular weight excluding hydrogens is 202 g/mol. The molecule has 0 aromatic carbocycles. The molecule has 14 heavy (non-hydrogen) atoms. The molecule has 1 saturated heterocycles. The fourth-order valence-electron chi connectivity index (χ4n) is 1.28. The van der Waals surface area contributed by atoms with E-state index >= 15 is 0 Å². The van der Waals surface area contributed by atoms with Crippen LogP contribution in [0.3, 0.4) is 0 Å². The average molecular weight is 215 g/mol. The molecule has 0 spiro atoms. The molecule has 0 saturated carbocycles. The Bertz CT molecular complexity index is 280. The van der Waals surface area contributed by atoms with Crippen LogP contribution in [0.4, 0.5) is 0 Å². The Kier molecular flexibility index (Phi) is 3.40. The second kappa shape index (κ2) is 4.36. The highest BCUT2D eigenvalue weighted by atomic mass is 32.1. The van der Waals surface area contributed by atoms with Crippen LogP contribution >= 0.6 is 12.2 Å². The van der Waals surface area contributed by atoms with E-state index in [2.05, 4.69) is 10.6 Å². The third-order valence-electron chi connectivity index (χ3n) is 2.18. The molecule has 1 rings (SSSR count). The van der Waals surface area contributed by atoms with Gasteiger partial charge in [0.2, 0.25) is 5.91 Å². The van der Waals surface area contributed by atoms with E-state index in [1.54, 1.807) is 7.05 Å². The number of rotatable bonds is 1. The van der Waals surface area contributed by atoms with Crippen LogP contribution in [0.5, 0.6) is 0 Å². The molecule has 1 fully saturated rings. The topological polar surface area (TPSA) is 61.4 Å². The lowest BCUT2D eigenvalue weighted by atomic mass is 10.1. The number of nitrogens with zero attached hydrogens (tertiary/aromatic N) is 1. The van der Waals surface area contributed by atoms with Gasteiger partial charge in [0.05, 0.1) is 0 Å². The molecule has 1 aliphatic heterocycles. The van der Waals surface area contributed by atoms with Gasteiger partial charge in [0.1, 0.15) is 6.04 Å². The summed E-state index contributed by atoms with van der Waals surface area (Å²) in [5.74, 6) is -0.359. The van der Waals surface area contributed by atoms with Gasteiger partial charge in [-0.1, -0.05) is 0 Å². The predicted molar refractivity (Wildman–Crippen MR) is 55.6 cm³/mol. The molecule has 78 valence electrons. The summed E-state index contributed by atoms with van der Waals surface area (Å²) in [6, 6.07) is -0.377. The first-order valence-corrected chi connectivity index (χ1v) is 4.75. The Morgan fingerprint density at radius 2 is 2.21 bits per heavy atom. The maximum Gasteiger partial charge on any atom is 0.251 e. The molecule has 5 nitrogen and oxygen atoms in total. The van der Waals surface area contributed by atoms with Gasteiger partial charge >= 0.3 is 0 Å². The molecule has 6 heteroatoms. The van der Waals surface area contributed by atoms with Crippen molar-refractivity contribution in [3.63, 3.8) is 0 Å². The van der Waals surface area contributed by atoms with Gasteiger partial charge < -0.3 is 10.6 Å². The maximum atomic E-state index is 11.5. The van der Waals surface area contributed by atoms with Gasteiger partial charge in [-0.2, -0.15) is 0 Å². The summed E-state index contributed by atoms with van der Waals surface area (Å²) in [6.07, 6.45) is 0.885. The summed E-state index contributed by atoms with van der Waals surface area (Å²) in [5.41, 5.74) is 0. The lowest BCUT2D eigenvalue weighted by molar-refractivity contribution is -0.147. The molecule has 0 aliphatic carbocycles. The van der Waals surface area contributed by atoms with Crippen molar-refractivity contribution in [2.45, 2.75) is 18.9 Å². The smallest absolute Gasteiger partial charge is 0.251 e. The van der Waals surface area contributed by atoms with Gasteiger partial charge in [0, 0.05) is 20.5 Å². The van der Waals surface area contributed by atoms with E-state index in [0.717, 1.165) is 4.90 Å². The van der Waals surface area contributed by atoms with Gasteiger partial charge in [0.25, 0.3) is 5.91 Å². The highest BCUT2D eigenvalue weighted by molar-refractivity contribution is 7.80. The minimum absolute atomic E-state index is 0.136. The van der Waals surface area contributed by atoms with Crippen LogP contribution in [0.2, 0.25) is 0 Å². The van der Waals surface area contributed by atoms with Crippen molar-refractivity contribution in [2.75, 3.05) is 14.1 Å². The molecule has 1 atom stereocenters. The Labute approximate surface area is 87.8 Å². The van der Waals surface area contributed by atoms with E-state index in [1.165, 1.54) is 7.05 Å². The zero-order chi connectivity index (χ0) is 10.7. The number of hydrogen-bond acceptors (Lipinski definition) is 3. The normalized spacial score (nSPS) is 22.1. The first kappa shape index (κ1) is 10.9. The lowest BCUT2D eigenvalue weighted by Gasteiger charge is -2.28. The van der Waals surface area contributed by atoms with Gasteiger partial charge in [-0.3, -0.25) is 14.5 Å². The zero-order valence-electron chi connectivity index (χ0n) is 8.16. The lowest BCUT2D eigenvalue weighted by Crippen LogP contribution is -2.54. The van der Waals surface area contributed by atoms with Crippen molar-refractivity contribution in [3.05, 3.63) is 0 Å². The molecule has 1 heterocycles. The summed E-state index contributed by atoms with van der Waals surface area (Å²) in [7, 11) is 3.17. The fraction of sp³-hybridized carbons (Fsp3) is 0.625. The SMILES string of the molecule is CNC(=S)NC1CCC(=O)N(C)C1=O. The summed E-state index contributed by atoms with van der Waals surface area (Å²) in [6.45, 7) is 0. The molecule has 0 radical (unpaired) electrons. The Morgan fingerprint density at radius 1 is 1.57 bits per heavy atom. The number of likely N-dealkylation sites (N-methyl/N-ethyl adjacent to an activating group) is 1. The van der Waals surface area contributed by atoms with Crippen molar-refractivity contribution in [1.82, 2.24) is 15.5 Å². The number of amides is 2. The van der Waals surface area contributed by atoms with E-state index in [1.807, 2.05) is 0 Å². The molecule has 2 N–H and O–H groups in total. The van der Waals surface area contributed by atoms with Crippen LogP contribution in [0.1, 0.15) is 12.8 Å². The molecule has 0 bridgehead atoms. The Balaban J connectivity index is 2.59. The summed E-state index contributed by atoms with van der Waals surface area (Å²) in [5, 5.41) is 5.99. The minimum Gasteiger partial charge on any atom is -0.366 e. The largest absolute Gasteiger partial charge is 0.366 e. The van der Waals surface area contributed by atoms with Gasteiger partial charge in [-0.25, -0.2) is 0 Å². The second-order valence-electron chi connectivity index (χ2n) is 3.11. The predicted octanol–water partition coefficient (Wildman–Crippen LogP) is -0.772. The number of likely N-dealkylation sites (tertiary alicyclic amines) is 1. The summed E-state index contributed by atoms with van der Waals surface area (Å²) in [4.78, 5) is 23.8. The Morgan fingerprint density at radius 3 is 2.79 bits per heavy atom. The van der Waals surface area contributed by atoms with Crippen LogP contribution in [0.15, 0.2) is 0 Å². The van der Waals surface area contributed by atoms with Gasteiger partial charge in [-0.05, 0) is 18.6 Å². The quantitative estimate of drug-likeness (QED) is 0.444. The molecule has 2 amide bonds. The first-order valence-electron chi connectivity index (χ1n) is 4.35. The second-order valence-corrected chi connectivity index (χ2v) is 3.51. The van der Waals surface area contributed by atoms with Crippen LogP contribution < -0.4 is 10.6 Å². The van der Waals surface area contributed by atoms with E-state index in [4.69, 9.17) is 12.2 Å². The number of imide groups is 1. The number of piperidine rings is 1. The van der Waals surface area contributed by atoms with Gasteiger partial charge in [-0.15, -0.1) is 0 Å². The van der Waals surface area contributed by atoms with Crippen molar-refractivity contribution in [3.8, 4) is 0 Å². The van der Waals surface area contributed by atoms with Crippen molar-refractivity contribution >= 4 is 29.1 Å². The minimum atomic E-state index is -0.377. The van der Waals surface area contributed by atoms with Crippen LogP contribution in [0, 0.1) is 0 Å². The van der Waals surface area contributed by atoms with E-state index in [0.29, 0.717) is 18.0 Å². The average Bonchev–Trinajstić information content (AvgIpc) is 2.19. The zero-order valence-corrected chi connectivity index (χ0v) is 8.98. The highest BCUT2D eigenvalue weighted by Gasteiger charge is 2.31. The summed E-state index contributed by atoms with van der Waals surface area (Å²) >= 11 is 4.88. The van der Waals surface area contributed by atoms with E-state index in [-0.39, 0.29) is 17.9 Å². The number of hydrogen-bond donors (Lipinski definition) is 2. The number of nitrogens with one attached hydrogen (secondary N) is 2.